The lowest BCUT2D eigenvalue weighted by Gasteiger charge is -2.07. The van der Waals surface area contributed by atoms with Crippen LogP contribution in [0.15, 0.2) is 36.7 Å². The Morgan fingerprint density at radius 2 is 2.17 bits per heavy atom. The maximum absolute atomic E-state index is 11.9. The summed E-state index contributed by atoms with van der Waals surface area (Å²) >= 11 is 5.73. The zero-order chi connectivity index (χ0) is 13.1. The molecule has 2 rings (SSSR count). The molecule has 0 atom stereocenters. The first kappa shape index (κ1) is 12.2. The molecule has 0 fully saturated rings. The van der Waals surface area contributed by atoms with Crippen molar-refractivity contribution in [3.05, 3.63) is 47.2 Å². The third kappa shape index (κ3) is 2.52. The van der Waals surface area contributed by atoms with Gasteiger partial charge in [-0.05, 0) is 24.3 Å². The van der Waals surface area contributed by atoms with Crippen LogP contribution in [-0.2, 0) is 0 Å². The molecule has 6 heteroatoms. The second-order valence-corrected chi connectivity index (χ2v) is 3.99. The number of nitrogens with zero attached hydrogens (tertiary/aromatic N) is 1. The topological polar surface area (TPSA) is 88.2 Å². The van der Waals surface area contributed by atoms with Crippen LogP contribution in [0.5, 0.6) is 5.75 Å². The highest BCUT2D eigenvalue weighted by Crippen LogP contribution is 2.24. The number of hydrogen-bond donors (Lipinski definition) is 3. The predicted octanol–water partition coefficient (Wildman–Crippen LogP) is 2.28. The number of phenolic OH excluding ortho intramolecular Hbond substituents is 1. The molecule has 0 saturated carbocycles. The molecule has 1 aromatic carbocycles. The summed E-state index contributed by atoms with van der Waals surface area (Å²) in [6.07, 6.45) is 2.97. The second-order valence-electron chi connectivity index (χ2n) is 3.58. The van der Waals surface area contributed by atoms with Crippen molar-refractivity contribution in [2.45, 2.75) is 0 Å². The molecular weight excluding hydrogens is 254 g/mol. The average Bonchev–Trinajstić information content (AvgIpc) is 2.35. The number of aromatic hydroxyl groups is 1. The molecule has 5 nitrogen and oxygen atoms in total. The van der Waals surface area contributed by atoms with Crippen molar-refractivity contribution >= 4 is 28.9 Å². The number of anilines is 2. The van der Waals surface area contributed by atoms with Gasteiger partial charge in [-0.25, -0.2) is 0 Å². The molecule has 0 aliphatic heterocycles. The van der Waals surface area contributed by atoms with Crippen LogP contribution in [-0.4, -0.2) is 16.0 Å². The quantitative estimate of drug-likeness (QED) is 0.775. The molecule has 0 spiro atoms. The van der Waals surface area contributed by atoms with Gasteiger partial charge in [-0.3, -0.25) is 9.78 Å². The van der Waals surface area contributed by atoms with E-state index in [1.807, 2.05) is 0 Å². The van der Waals surface area contributed by atoms with Crippen molar-refractivity contribution < 1.29 is 9.90 Å². The van der Waals surface area contributed by atoms with Gasteiger partial charge >= 0.3 is 0 Å². The van der Waals surface area contributed by atoms with Gasteiger partial charge in [0.15, 0.2) is 0 Å². The maximum Gasteiger partial charge on any atom is 0.255 e. The Morgan fingerprint density at radius 1 is 1.39 bits per heavy atom. The number of benzene rings is 1. The molecular formula is C12H10ClN3O2. The number of nitrogen functional groups attached to an aromatic ring is 1. The third-order valence-electron chi connectivity index (χ3n) is 2.31. The number of halogens is 1. The molecule has 0 bridgehead atoms. The van der Waals surface area contributed by atoms with Crippen LogP contribution in [0.1, 0.15) is 10.4 Å². The summed E-state index contributed by atoms with van der Waals surface area (Å²) in [5.74, 6) is -0.438. The molecule has 0 saturated heterocycles. The molecule has 0 unspecified atom stereocenters. The fourth-order valence-electron chi connectivity index (χ4n) is 1.36. The smallest absolute Gasteiger partial charge is 0.255 e. The first-order chi connectivity index (χ1) is 8.58. The van der Waals surface area contributed by atoms with Gasteiger partial charge in [0.05, 0.1) is 22.6 Å². The van der Waals surface area contributed by atoms with E-state index in [0.29, 0.717) is 16.9 Å². The molecule has 1 amide bonds. The average molecular weight is 264 g/mol. The van der Waals surface area contributed by atoms with Crippen molar-refractivity contribution in [1.29, 1.82) is 0 Å². The van der Waals surface area contributed by atoms with Crippen molar-refractivity contribution in [1.82, 2.24) is 4.98 Å². The molecule has 0 radical (unpaired) electrons. The van der Waals surface area contributed by atoms with Crippen molar-refractivity contribution in [3.63, 3.8) is 0 Å². The summed E-state index contributed by atoms with van der Waals surface area (Å²) in [6.45, 7) is 0. The van der Waals surface area contributed by atoms with Gasteiger partial charge in [-0.2, -0.15) is 0 Å². The highest BCUT2D eigenvalue weighted by atomic mass is 35.5. The van der Waals surface area contributed by atoms with E-state index in [1.54, 1.807) is 6.07 Å². The molecule has 1 heterocycles. The molecule has 0 aliphatic carbocycles. The molecule has 2 aromatic rings. The van der Waals surface area contributed by atoms with Gasteiger partial charge in [0.25, 0.3) is 5.91 Å². The Hall–Kier alpha value is -2.27. The number of nitrogens with two attached hydrogens (primary N) is 1. The normalized spacial score (nSPS) is 10.1. The van der Waals surface area contributed by atoms with Gasteiger partial charge in [0, 0.05) is 11.8 Å². The molecule has 92 valence electrons. The Morgan fingerprint density at radius 3 is 2.83 bits per heavy atom. The molecule has 4 N–H and O–H groups in total. The van der Waals surface area contributed by atoms with Crippen LogP contribution in [0.4, 0.5) is 11.4 Å². The van der Waals surface area contributed by atoms with E-state index < -0.39 is 0 Å². The zero-order valence-corrected chi connectivity index (χ0v) is 9.98. The first-order valence-corrected chi connectivity index (χ1v) is 5.45. The highest BCUT2D eigenvalue weighted by molar-refractivity contribution is 6.32. The van der Waals surface area contributed by atoms with Gasteiger partial charge in [-0.15, -0.1) is 0 Å². The minimum Gasteiger partial charge on any atom is -0.506 e. The number of phenols is 1. The van der Waals surface area contributed by atoms with E-state index in [-0.39, 0.29) is 16.7 Å². The second kappa shape index (κ2) is 4.93. The van der Waals surface area contributed by atoms with E-state index in [2.05, 4.69) is 10.3 Å². The number of pyridine rings is 1. The Bertz CT molecular complexity index is 602. The Kier molecular flexibility index (Phi) is 3.34. The first-order valence-electron chi connectivity index (χ1n) is 5.07. The van der Waals surface area contributed by atoms with E-state index >= 15 is 0 Å². The molecule has 18 heavy (non-hydrogen) atoms. The largest absolute Gasteiger partial charge is 0.506 e. The van der Waals surface area contributed by atoms with Crippen LogP contribution < -0.4 is 11.1 Å². The van der Waals surface area contributed by atoms with E-state index in [0.717, 1.165) is 0 Å². The number of nitrogens with one attached hydrogen (secondary N) is 1. The third-order valence-corrected chi connectivity index (χ3v) is 2.61. The molecule has 0 aliphatic rings. The number of rotatable bonds is 2. The van der Waals surface area contributed by atoms with Crippen LogP contribution >= 0.6 is 11.6 Å². The fourth-order valence-corrected chi connectivity index (χ4v) is 1.54. The summed E-state index contributed by atoms with van der Waals surface area (Å²) in [5.41, 5.74) is 6.83. The minimum atomic E-state index is -0.366. The number of carbonyl (C=O) groups is 1. The van der Waals surface area contributed by atoms with Crippen molar-refractivity contribution in [2.24, 2.45) is 0 Å². The van der Waals surface area contributed by atoms with E-state index in [9.17, 15) is 9.90 Å². The Balaban J connectivity index is 2.22. The van der Waals surface area contributed by atoms with Crippen molar-refractivity contribution in [3.8, 4) is 5.75 Å². The number of aromatic nitrogens is 1. The summed E-state index contributed by atoms with van der Waals surface area (Å²) in [6, 6.07) is 5.79. The zero-order valence-electron chi connectivity index (χ0n) is 9.22. The fraction of sp³-hybridized carbons (Fsp3) is 0. The maximum atomic E-state index is 11.9. The monoisotopic (exact) mass is 263 g/mol. The van der Waals surface area contributed by atoms with Gasteiger partial charge < -0.3 is 16.2 Å². The van der Waals surface area contributed by atoms with Crippen LogP contribution in [0.2, 0.25) is 5.02 Å². The lowest BCUT2D eigenvalue weighted by Crippen LogP contribution is -2.13. The molecule has 1 aromatic heterocycles. The minimum absolute atomic E-state index is 0.0726. The lowest BCUT2D eigenvalue weighted by molar-refractivity contribution is 0.102. The number of carbonyl (C=O) groups excluding carboxylic acids is 1. The summed E-state index contributed by atoms with van der Waals surface area (Å²) < 4.78 is 0. The number of amides is 1. The number of hydrogen-bond acceptors (Lipinski definition) is 4. The van der Waals surface area contributed by atoms with E-state index in [1.165, 1.54) is 30.6 Å². The van der Waals surface area contributed by atoms with Gasteiger partial charge in [0.2, 0.25) is 0 Å². The predicted molar refractivity (Wildman–Crippen MR) is 69.7 cm³/mol. The lowest BCUT2D eigenvalue weighted by atomic mass is 10.2. The summed E-state index contributed by atoms with van der Waals surface area (Å²) in [4.78, 5) is 15.7. The van der Waals surface area contributed by atoms with Crippen LogP contribution in [0.3, 0.4) is 0 Å². The summed E-state index contributed by atoms with van der Waals surface area (Å²) in [7, 11) is 0. The highest BCUT2D eigenvalue weighted by Gasteiger charge is 2.09. The SMILES string of the molecule is Nc1cnccc1NC(=O)c1ccc(O)c(Cl)c1. The van der Waals surface area contributed by atoms with Crippen LogP contribution in [0, 0.1) is 0 Å². The van der Waals surface area contributed by atoms with Gasteiger partial charge in [-0.1, -0.05) is 11.6 Å². The van der Waals surface area contributed by atoms with Crippen LogP contribution in [0.25, 0.3) is 0 Å². The van der Waals surface area contributed by atoms with Crippen molar-refractivity contribution in [2.75, 3.05) is 11.1 Å². The summed E-state index contributed by atoms with van der Waals surface area (Å²) in [5, 5.41) is 12.0. The van der Waals surface area contributed by atoms with Gasteiger partial charge in [0.1, 0.15) is 5.75 Å². The van der Waals surface area contributed by atoms with E-state index in [4.69, 9.17) is 17.3 Å². The Labute approximate surface area is 108 Å². The standard InChI is InChI=1S/C12H10ClN3O2/c13-8-5-7(1-2-11(8)17)12(18)16-10-3-4-15-6-9(10)14/h1-6,17H,14H2,(H,15,16,18).